The minimum Gasteiger partial charge on any atom is -0.462 e. The van der Waals surface area contributed by atoms with Crippen LogP contribution in [0.3, 0.4) is 0 Å². The maximum atomic E-state index is 13.9. The molecule has 0 amide bonds. The first-order chi connectivity index (χ1) is 14.8. The second-order valence-electron chi connectivity index (χ2n) is 10.7. The fourth-order valence-corrected chi connectivity index (χ4v) is 7.76. The van der Waals surface area contributed by atoms with Crippen LogP contribution in [-0.4, -0.2) is 47.8 Å². The summed E-state index contributed by atoms with van der Waals surface area (Å²) < 4.78 is 16.9. The minimum absolute atomic E-state index is 0.0295. The smallest absolute Gasteiger partial charge is 0.306 e. The Morgan fingerprint density at radius 2 is 1.59 bits per heavy atom. The first-order valence-corrected chi connectivity index (χ1v) is 11.4. The van der Waals surface area contributed by atoms with Crippen LogP contribution in [0, 0.1) is 40.4 Å². The van der Waals surface area contributed by atoms with Crippen LogP contribution in [0.15, 0.2) is 0 Å². The van der Waals surface area contributed by atoms with Crippen molar-refractivity contribution in [1.82, 2.24) is 0 Å². The first-order valence-electron chi connectivity index (χ1n) is 11.4. The highest BCUT2D eigenvalue weighted by Crippen LogP contribution is 2.68. The second-order valence-corrected chi connectivity index (χ2v) is 10.7. The first kappa shape index (κ1) is 22.9. The maximum absolute atomic E-state index is 13.9. The molecule has 0 aromatic heterocycles. The van der Waals surface area contributed by atoms with Gasteiger partial charge in [-0.2, -0.15) is 0 Å². The number of Topliss-reactive ketones (excluding diaryl/α,β-unsaturated/α-hetero) is 2. The monoisotopic (exact) mass is 448 g/mol. The van der Waals surface area contributed by atoms with E-state index < -0.39 is 52.9 Å². The van der Waals surface area contributed by atoms with Gasteiger partial charge in [-0.25, -0.2) is 0 Å². The van der Waals surface area contributed by atoms with Gasteiger partial charge in [-0.1, -0.05) is 27.7 Å². The van der Waals surface area contributed by atoms with E-state index in [-0.39, 0.29) is 41.7 Å². The fraction of sp³-hybridized carbons (Fsp3) is 0.792. The molecule has 4 fully saturated rings. The largest absolute Gasteiger partial charge is 0.462 e. The molecule has 10 atom stereocenters. The number of hydrogen-bond donors (Lipinski definition) is 0. The lowest BCUT2D eigenvalue weighted by Crippen LogP contribution is -2.74. The highest BCUT2D eigenvalue weighted by atomic mass is 16.6. The molecular formula is C24H32O8. The minimum atomic E-state index is -1.12. The van der Waals surface area contributed by atoms with Crippen molar-refractivity contribution in [3.05, 3.63) is 0 Å². The van der Waals surface area contributed by atoms with Gasteiger partial charge in [-0.3, -0.25) is 24.0 Å². The Bertz CT molecular complexity index is 894. The molecule has 176 valence electrons. The number of carbonyl (C=O) groups excluding carboxylic acids is 5. The number of rotatable bonds is 2. The van der Waals surface area contributed by atoms with Gasteiger partial charge in [-0.15, -0.1) is 0 Å². The molecule has 1 saturated heterocycles. The van der Waals surface area contributed by atoms with E-state index >= 15 is 0 Å². The molecular weight excluding hydrogens is 416 g/mol. The van der Waals surface area contributed by atoms with Gasteiger partial charge in [0.1, 0.15) is 6.10 Å². The van der Waals surface area contributed by atoms with Crippen molar-refractivity contribution in [3.63, 3.8) is 0 Å². The highest BCUT2D eigenvalue weighted by molar-refractivity contribution is 5.95. The fourth-order valence-electron chi connectivity index (χ4n) is 7.76. The Balaban J connectivity index is 1.91. The Labute approximate surface area is 187 Å². The third-order valence-corrected chi connectivity index (χ3v) is 9.04. The Kier molecular flexibility index (Phi) is 5.29. The van der Waals surface area contributed by atoms with Crippen molar-refractivity contribution in [1.29, 1.82) is 0 Å². The standard InChI is InChI=1S/C24H32O8/c1-10-7-16(30-12(3)25)22(29)24(6)14(10)8-17-23(5)15(9-18(27)32-17)11(2)19(28)20(21(23)24)31-13(4)26/h10-11,14-17,20-21H,7-9H2,1-6H3/t10-,11-,14+,15+,16+,17-,20-,21+,23-,24+/m1/s1. The zero-order chi connectivity index (χ0) is 23.7. The van der Waals surface area contributed by atoms with Gasteiger partial charge in [0.25, 0.3) is 0 Å². The van der Waals surface area contributed by atoms with Gasteiger partial charge in [-0.05, 0) is 30.6 Å². The van der Waals surface area contributed by atoms with Crippen LogP contribution in [-0.2, 0) is 38.2 Å². The van der Waals surface area contributed by atoms with Crippen molar-refractivity contribution in [2.24, 2.45) is 40.4 Å². The summed E-state index contributed by atoms with van der Waals surface area (Å²) in [5.74, 6) is -3.74. The SMILES string of the molecule is CC(=O)O[C@H]1C[C@@H](C)[C@@H]2C[C@H]3OC(=O)C[C@H]4[C@@H](C)C(=O)[C@@H](OC(C)=O)[C@H]([C@@]2(C)C1=O)[C@@]34C. The van der Waals surface area contributed by atoms with Crippen LogP contribution < -0.4 is 0 Å². The van der Waals surface area contributed by atoms with E-state index in [1.165, 1.54) is 13.8 Å². The average molecular weight is 449 g/mol. The molecule has 3 aliphatic carbocycles. The van der Waals surface area contributed by atoms with E-state index in [9.17, 15) is 24.0 Å². The van der Waals surface area contributed by atoms with Gasteiger partial charge >= 0.3 is 17.9 Å². The van der Waals surface area contributed by atoms with Crippen molar-refractivity contribution >= 4 is 29.5 Å². The van der Waals surface area contributed by atoms with Crippen LogP contribution in [0.25, 0.3) is 0 Å². The van der Waals surface area contributed by atoms with Crippen molar-refractivity contribution in [3.8, 4) is 0 Å². The predicted octanol–water partition coefficient (Wildman–Crippen LogP) is 2.26. The summed E-state index contributed by atoms with van der Waals surface area (Å²) in [5.41, 5.74) is -1.82. The molecule has 0 unspecified atom stereocenters. The van der Waals surface area contributed by atoms with E-state index in [1.807, 2.05) is 20.8 Å². The van der Waals surface area contributed by atoms with Crippen LogP contribution >= 0.6 is 0 Å². The summed E-state index contributed by atoms with van der Waals surface area (Å²) in [6, 6.07) is 0. The van der Waals surface area contributed by atoms with Crippen molar-refractivity contribution in [2.45, 2.75) is 79.1 Å². The number of ether oxygens (including phenoxy) is 3. The summed E-state index contributed by atoms with van der Waals surface area (Å²) in [7, 11) is 0. The van der Waals surface area contributed by atoms with Crippen molar-refractivity contribution < 1.29 is 38.2 Å². The summed E-state index contributed by atoms with van der Waals surface area (Å²) >= 11 is 0. The summed E-state index contributed by atoms with van der Waals surface area (Å²) in [6.07, 6.45) is -1.58. The molecule has 0 radical (unpaired) electrons. The number of fused-ring (bicyclic) bond motifs is 2. The van der Waals surface area contributed by atoms with Crippen molar-refractivity contribution in [2.75, 3.05) is 0 Å². The Hall–Kier alpha value is -2.25. The van der Waals surface area contributed by atoms with E-state index in [1.54, 1.807) is 6.92 Å². The lowest BCUT2D eigenvalue weighted by Gasteiger charge is -2.67. The molecule has 4 aliphatic rings. The number of ketones is 2. The molecule has 3 saturated carbocycles. The molecule has 1 aliphatic heterocycles. The zero-order valence-corrected chi connectivity index (χ0v) is 19.5. The van der Waals surface area contributed by atoms with E-state index in [0.717, 1.165) is 0 Å². The molecule has 4 rings (SSSR count). The van der Waals surface area contributed by atoms with Crippen LogP contribution in [0.2, 0.25) is 0 Å². The van der Waals surface area contributed by atoms with Crippen LogP contribution in [0.4, 0.5) is 0 Å². The van der Waals surface area contributed by atoms with Gasteiger partial charge < -0.3 is 14.2 Å². The number of hydrogen-bond acceptors (Lipinski definition) is 8. The molecule has 8 heteroatoms. The Morgan fingerprint density at radius 1 is 0.969 bits per heavy atom. The van der Waals surface area contributed by atoms with Gasteiger partial charge in [0, 0.05) is 42.9 Å². The van der Waals surface area contributed by atoms with Crippen LogP contribution in [0.1, 0.15) is 60.8 Å². The third-order valence-electron chi connectivity index (χ3n) is 9.04. The topological polar surface area (TPSA) is 113 Å². The summed E-state index contributed by atoms with van der Waals surface area (Å²) in [6.45, 7) is 10.1. The molecule has 0 N–H and O–H groups in total. The third kappa shape index (κ3) is 2.97. The molecule has 0 spiro atoms. The summed E-state index contributed by atoms with van der Waals surface area (Å²) in [4.78, 5) is 63.7. The quantitative estimate of drug-likeness (QED) is 0.467. The molecule has 8 nitrogen and oxygen atoms in total. The lowest BCUT2D eigenvalue weighted by atomic mass is 9.37. The average Bonchev–Trinajstić information content (AvgIpc) is 2.68. The Morgan fingerprint density at radius 3 is 2.19 bits per heavy atom. The van der Waals surface area contributed by atoms with Gasteiger partial charge in [0.05, 0.1) is 0 Å². The molecule has 0 aromatic rings. The number of esters is 3. The molecule has 1 heterocycles. The van der Waals surface area contributed by atoms with Gasteiger partial charge in [0.15, 0.2) is 23.8 Å². The zero-order valence-electron chi connectivity index (χ0n) is 19.5. The normalized spacial score (nSPS) is 47.6. The van der Waals surface area contributed by atoms with E-state index in [4.69, 9.17) is 14.2 Å². The lowest BCUT2D eigenvalue weighted by molar-refractivity contribution is -0.259. The van der Waals surface area contributed by atoms with Crippen LogP contribution in [0.5, 0.6) is 0 Å². The van der Waals surface area contributed by atoms with E-state index in [2.05, 4.69) is 0 Å². The second kappa shape index (κ2) is 7.39. The molecule has 32 heavy (non-hydrogen) atoms. The summed E-state index contributed by atoms with van der Waals surface area (Å²) in [5, 5.41) is 0. The molecule has 0 aromatic carbocycles. The number of carbonyl (C=O) groups is 5. The highest BCUT2D eigenvalue weighted by Gasteiger charge is 2.74. The van der Waals surface area contributed by atoms with Gasteiger partial charge in [0.2, 0.25) is 0 Å². The van der Waals surface area contributed by atoms with E-state index in [0.29, 0.717) is 12.8 Å². The molecule has 0 bridgehead atoms. The maximum Gasteiger partial charge on any atom is 0.306 e. The predicted molar refractivity (Wildman–Crippen MR) is 110 cm³/mol.